The third kappa shape index (κ3) is 6.44. The SMILES string of the molecule is C=C/C=C(\C=C(/C)c1ccc(OCOC)cc1)C1=C(O)CC(CC2CCOCC2)CC1=O. The van der Waals surface area contributed by atoms with Crippen LogP contribution in [0, 0.1) is 11.8 Å². The van der Waals surface area contributed by atoms with E-state index in [1.54, 1.807) is 19.3 Å². The summed E-state index contributed by atoms with van der Waals surface area (Å²) in [5, 5.41) is 10.8. The summed E-state index contributed by atoms with van der Waals surface area (Å²) < 4.78 is 15.8. The Bertz CT molecular complexity index is 885. The van der Waals surface area contributed by atoms with Crippen LogP contribution in [0.25, 0.3) is 5.57 Å². The number of hydrogen-bond acceptors (Lipinski definition) is 5. The zero-order valence-corrected chi connectivity index (χ0v) is 19.1. The number of aliphatic hydroxyl groups is 1. The number of hydrogen-bond donors (Lipinski definition) is 1. The fraction of sp³-hybridized carbons (Fsp3) is 0.444. The molecule has 3 rings (SSSR count). The molecule has 1 N–H and O–H groups in total. The second-order valence-corrected chi connectivity index (χ2v) is 8.57. The van der Waals surface area contributed by atoms with E-state index < -0.39 is 0 Å². The van der Waals surface area contributed by atoms with E-state index in [4.69, 9.17) is 14.2 Å². The van der Waals surface area contributed by atoms with E-state index >= 15 is 0 Å². The Kier molecular flexibility index (Phi) is 8.89. The minimum absolute atomic E-state index is 0.00581. The van der Waals surface area contributed by atoms with Crippen LogP contribution in [-0.2, 0) is 14.3 Å². The van der Waals surface area contributed by atoms with Gasteiger partial charge in [0.15, 0.2) is 12.6 Å². The first-order valence-electron chi connectivity index (χ1n) is 11.3. The molecule has 5 heteroatoms. The summed E-state index contributed by atoms with van der Waals surface area (Å²) in [5.74, 6) is 1.70. The molecule has 1 atom stereocenters. The second kappa shape index (κ2) is 11.8. The summed E-state index contributed by atoms with van der Waals surface area (Å²) in [6, 6.07) is 7.68. The van der Waals surface area contributed by atoms with Gasteiger partial charge in [-0.15, -0.1) is 0 Å². The van der Waals surface area contributed by atoms with Crippen molar-refractivity contribution in [3.8, 4) is 5.75 Å². The van der Waals surface area contributed by atoms with Crippen LogP contribution in [0.2, 0.25) is 0 Å². The molecular formula is C27H34O5. The summed E-state index contributed by atoms with van der Waals surface area (Å²) in [6.07, 6.45) is 9.47. The minimum Gasteiger partial charge on any atom is -0.512 e. The zero-order valence-electron chi connectivity index (χ0n) is 19.1. The highest BCUT2D eigenvalue weighted by Gasteiger charge is 2.31. The van der Waals surface area contributed by atoms with Gasteiger partial charge in [-0.05, 0) is 66.9 Å². The lowest BCUT2D eigenvalue weighted by atomic mass is 9.78. The topological polar surface area (TPSA) is 65.0 Å². The molecule has 0 aromatic heterocycles. The highest BCUT2D eigenvalue weighted by atomic mass is 16.7. The molecule has 1 saturated heterocycles. The molecule has 0 bridgehead atoms. The van der Waals surface area contributed by atoms with Crippen LogP contribution >= 0.6 is 0 Å². The first-order valence-corrected chi connectivity index (χ1v) is 11.3. The number of carbonyl (C=O) groups is 1. The van der Waals surface area contributed by atoms with Crippen LogP contribution in [0.1, 0.15) is 44.6 Å². The van der Waals surface area contributed by atoms with Crippen molar-refractivity contribution in [3.05, 3.63) is 71.5 Å². The van der Waals surface area contributed by atoms with E-state index in [-0.39, 0.29) is 24.3 Å². The molecule has 0 saturated carbocycles. The van der Waals surface area contributed by atoms with E-state index in [1.807, 2.05) is 37.3 Å². The highest BCUT2D eigenvalue weighted by Crippen LogP contribution is 2.36. The number of ketones is 1. The normalized spacial score (nSPS) is 21.1. The van der Waals surface area contributed by atoms with Crippen molar-refractivity contribution in [1.82, 2.24) is 0 Å². The van der Waals surface area contributed by atoms with E-state index in [0.29, 0.717) is 29.9 Å². The molecule has 1 aliphatic carbocycles. The predicted molar refractivity (Wildman–Crippen MR) is 126 cm³/mol. The van der Waals surface area contributed by atoms with Crippen molar-refractivity contribution in [2.45, 2.75) is 39.0 Å². The predicted octanol–water partition coefficient (Wildman–Crippen LogP) is 5.79. The molecule has 172 valence electrons. The smallest absolute Gasteiger partial charge is 0.188 e. The first kappa shape index (κ1) is 24.0. The minimum atomic E-state index is 0.00581. The van der Waals surface area contributed by atoms with Crippen LogP contribution < -0.4 is 4.74 Å². The second-order valence-electron chi connectivity index (χ2n) is 8.57. The molecule has 1 heterocycles. The van der Waals surface area contributed by atoms with Crippen molar-refractivity contribution >= 4 is 11.4 Å². The molecule has 0 radical (unpaired) electrons. The molecule has 1 fully saturated rings. The van der Waals surface area contributed by atoms with Gasteiger partial charge in [-0.2, -0.15) is 0 Å². The summed E-state index contributed by atoms with van der Waals surface area (Å²) in [7, 11) is 1.58. The van der Waals surface area contributed by atoms with Gasteiger partial charge in [0.25, 0.3) is 0 Å². The number of aliphatic hydroxyl groups excluding tert-OH is 1. The average molecular weight is 439 g/mol. The Labute approximate surface area is 191 Å². The van der Waals surface area contributed by atoms with E-state index in [2.05, 4.69) is 6.58 Å². The van der Waals surface area contributed by atoms with Gasteiger partial charge >= 0.3 is 0 Å². The molecule has 1 aromatic carbocycles. The van der Waals surface area contributed by atoms with Crippen molar-refractivity contribution in [1.29, 1.82) is 0 Å². The van der Waals surface area contributed by atoms with Crippen molar-refractivity contribution in [2.24, 2.45) is 11.8 Å². The maximum atomic E-state index is 13.1. The number of ether oxygens (including phenoxy) is 3. The van der Waals surface area contributed by atoms with Crippen LogP contribution in [-0.4, -0.2) is 38.0 Å². The lowest BCUT2D eigenvalue weighted by molar-refractivity contribution is -0.117. The van der Waals surface area contributed by atoms with Crippen LogP contribution in [0.15, 0.2) is 66.0 Å². The summed E-state index contributed by atoms with van der Waals surface area (Å²) >= 11 is 0. The van der Waals surface area contributed by atoms with Crippen LogP contribution in [0.4, 0.5) is 0 Å². The van der Waals surface area contributed by atoms with Gasteiger partial charge in [0.2, 0.25) is 0 Å². The molecule has 1 aromatic rings. The Morgan fingerprint density at radius 1 is 1.19 bits per heavy atom. The lowest BCUT2D eigenvalue weighted by Crippen LogP contribution is -2.25. The van der Waals surface area contributed by atoms with Gasteiger partial charge in [-0.1, -0.05) is 36.9 Å². The van der Waals surface area contributed by atoms with Gasteiger partial charge in [0.1, 0.15) is 11.5 Å². The molecular weight excluding hydrogens is 404 g/mol. The summed E-state index contributed by atoms with van der Waals surface area (Å²) in [5.41, 5.74) is 3.11. The van der Waals surface area contributed by atoms with Crippen molar-refractivity contribution in [3.63, 3.8) is 0 Å². The lowest BCUT2D eigenvalue weighted by Gasteiger charge is -2.29. The molecule has 1 aliphatic heterocycles. The number of allylic oxidation sites excluding steroid dienone is 7. The van der Waals surface area contributed by atoms with E-state index in [0.717, 1.165) is 49.4 Å². The first-order chi connectivity index (χ1) is 15.5. The maximum absolute atomic E-state index is 13.1. The molecule has 2 aliphatic rings. The average Bonchev–Trinajstić information content (AvgIpc) is 2.78. The third-order valence-electron chi connectivity index (χ3n) is 6.14. The Morgan fingerprint density at radius 2 is 1.91 bits per heavy atom. The zero-order chi connectivity index (χ0) is 22.9. The van der Waals surface area contributed by atoms with E-state index in [9.17, 15) is 9.90 Å². The molecule has 32 heavy (non-hydrogen) atoms. The number of benzene rings is 1. The fourth-order valence-electron chi connectivity index (χ4n) is 4.51. The highest BCUT2D eigenvalue weighted by molar-refractivity contribution is 6.02. The van der Waals surface area contributed by atoms with E-state index in [1.165, 1.54) is 0 Å². The quantitative estimate of drug-likeness (QED) is 0.390. The van der Waals surface area contributed by atoms with Crippen molar-refractivity contribution < 1.29 is 24.1 Å². The van der Waals surface area contributed by atoms with Gasteiger partial charge in [0, 0.05) is 33.2 Å². The maximum Gasteiger partial charge on any atom is 0.188 e. The molecule has 5 nitrogen and oxygen atoms in total. The Hall–Kier alpha value is -2.63. The van der Waals surface area contributed by atoms with Gasteiger partial charge in [-0.3, -0.25) is 4.79 Å². The number of rotatable bonds is 9. The number of carbonyl (C=O) groups excluding carboxylic acids is 1. The largest absolute Gasteiger partial charge is 0.512 e. The summed E-state index contributed by atoms with van der Waals surface area (Å²) in [4.78, 5) is 13.1. The standard InChI is InChI=1S/C27H34O5/c1-4-5-23(14-19(2)22-6-8-24(9-7-22)32-18-30-3)27-25(28)16-21(17-26(27)29)15-20-10-12-31-13-11-20/h4-9,14,20-21,28H,1,10-13,15-18H2,2-3H3/b19-14+,23-5+. The molecule has 1 unspecified atom stereocenters. The number of Topliss-reactive ketones (excluding diaryl/α,β-unsaturated/α-hetero) is 1. The summed E-state index contributed by atoms with van der Waals surface area (Å²) in [6.45, 7) is 7.58. The van der Waals surface area contributed by atoms with Gasteiger partial charge in [-0.25, -0.2) is 0 Å². The third-order valence-corrected chi connectivity index (χ3v) is 6.14. The monoisotopic (exact) mass is 438 g/mol. The number of methoxy groups -OCH3 is 1. The van der Waals surface area contributed by atoms with Crippen LogP contribution in [0.3, 0.4) is 0 Å². The van der Waals surface area contributed by atoms with Crippen LogP contribution in [0.5, 0.6) is 5.75 Å². The Balaban J connectivity index is 1.76. The van der Waals surface area contributed by atoms with Gasteiger partial charge < -0.3 is 19.3 Å². The molecule has 0 spiro atoms. The Morgan fingerprint density at radius 3 is 2.53 bits per heavy atom. The fourth-order valence-corrected chi connectivity index (χ4v) is 4.51. The molecule has 0 amide bonds. The van der Waals surface area contributed by atoms with Gasteiger partial charge in [0.05, 0.1) is 5.57 Å². The van der Waals surface area contributed by atoms with Crippen molar-refractivity contribution in [2.75, 3.05) is 27.1 Å².